The van der Waals surface area contributed by atoms with Gasteiger partial charge in [0.2, 0.25) is 0 Å². The molecule has 0 saturated carbocycles. The van der Waals surface area contributed by atoms with Crippen molar-refractivity contribution in [1.29, 1.82) is 0 Å². The third-order valence-corrected chi connectivity index (χ3v) is 1.62. The van der Waals surface area contributed by atoms with Gasteiger partial charge in [-0.25, -0.2) is 4.98 Å². The zero-order valence-electron chi connectivity index (χ0n) is 6.04. The SMILES string of the molecule is COc1cc(Br)nc(CO)c1. The van der Waals surface area contributed by atoms with Gasteiger partial charge in [-0.3, -0.25) is 0 Å². The Morgan fingerprint density at radius 1 is 1.64 bits per heavy atom. The number of aromatic nitrogens is 1. The molecule has 1 rings (SSSR count). The molecule has 1 aromatic heterocycles. The quantitative estimate of drug-likeness (QED) is 0.761. The molecule has 1 aromatic rings. The molecule has 0 aromatic carbocycles. The normalized spacial score (nSPS) is 9.73. The maximum Gasteiger partial charge on any atom is 0.123 e. The summed E-state index contributed by atoms with van der Waals surface area (Å²) in [5.74, 6) is 0.691. The zero-order valence-corrected chi connectivity index (χ0v) is 7.63. The van der Waals surface area contributed by atoms with E-state index in [9.17, 15) is 0 Å². The second-order valence-corrected chi connectivity index (χ2v) is 2.79. The average Bonchev–Trinajstić information content (AvgIpc) is 2.03. The molecule has 0 unspecified atom stereocenters. The summed E-state index contributed by atoms with van der Waals surface area (Å²) < 4.78 is 5.62. The molecular formula is C7H8BrNO2. The molecule has 0 aliphatic heterocycles. The Balaban J connectivity index is 3.02. The summed E-state index contributed by atoms with van der Waals surface area (Å²) in [6, 6.07) is 3.42. The van der Waals surface area contributed by atoms with E-state index in [0.29, 0.717) is 16.0 Å². The van der Waals surface area contributed by atoms with Gasteiger partial charge in [0.25, 0.3) is 0 Å². The fourth-order valence-electron chi connectivity index (χ4n) is 0.724. The summed E-state index contributed by atoms with van der Waals surface area (Å²) in [7, 11) is 1.57. The van der Waals surface area contributed by atoms with E-state index in [1.807, 2.05) is 0 Å². The molecule has 0 bridgehead atoms. The van der Waals surface area contributed by atoms with Crippen LogP contribution in [-0.4, -0.2) is 17.2 Å². The molecular weight excluding hydrogens is 210 g/mol. The highest BCUT2D eigenvalue weighted by Gasteiger charge is 1.98. The van der Waals surface area contributed by atoms with E-state index in [1.54, 1.807) is 19.2 Å². The van der Waals surface area contributed by atoms with Gasteiger partial charge >= 0.3 is 0 Å². The Kier molecular flexibility index (Phi) is 2.84. The number of rotatable bonds is 2. The largest absolute Gasteiger partial charge is 0.497 e. The first kappa shape index (κ1) is 8.49. The van der Waals surface area contributed by atoms with Crippen molar-refractivity contribution in [2.24, 2.45) is 0 Å². The minimum atomic E-state index is -0.0736. The smallest absolute Gasteiger partial charge is 0.123 e. The zero-order chi connectivity index (χ0) is 8.27. The first-order valence-corrected chi connectivity index (χ1v) is 3.87. The summed E-state index contributed by atoms with van der Waals surface area (Å²) in [6.45, 7) is -0.0736. The number of nitrogens with zero attached hydrogens (tertiary/aromatic N) is 1. The van der Waals surface area contributed by atoms with Crippen LogP contribution in [0.5, 0.6) is 5.75 Å². The molecule has 0 fully saturated rings. The lowest BCUT2D eigenvalue weighted by Gasteiger charge is -2.01. The molecule has 4 heteroatoms. The molecule has 0 aliphatic carbocycles. The van der Waals surface area contributed by atoms with Crippen molar-refractivity contribution in [2.75, 3.05) is 7.11 Å². The van der Waals surface area contributed by atoms with Gasteiger partial charge in [-0.15, -0.1) is 0 Å². The fourth-order valence-corrected chi connectivity index (χ4v) is 1.18. The molecule has 0 spiro atoms. The summed E-state index contributed by atoms with van der Waals surface area (Å²) >= 11 is 3.19. The van der Waals surface area contributed by atoms with Gasteiger partial charge in [-0.05, 0) is 15.9 Å². The summed E-state index contributed by atoms with van der Waals surface area (Å²) in [6.07, 6.45) is 0. The molecule has 0 aliphatic rings. The third-order valence-electron chi connectivity index (χ3n) is 1.22. The van der Waals surface area contributed by atoms with Crippen LogP contribution in [0.25, 0.3) is 0 Å². The molecule has 0 amide bonds. The minimum absolute atomic E-state index is 0.0736. The Bertz CT molecular complexity index is 230. The van der Waals surface area contributed by atoms with Crippen molar-refractivity contribution in [3.63, 3.8) is 0 Å². The first-order valence-electron chi connectivity index (χ1n) is 3.07. The summed E-state index contributed by atoms with van der Waals surface area (Å²) in [4.78, 5) is 3.99. The van der Waals surface area contributed by atoms with Crippen molar-refractivity contribution < 1.29 is 9.84 Å². The van der Waals surface area contributed by atoms with Gasteiger partial charge in [0, 0.05) is 12.1 Å². The Labute approximate surface area is 73.2 Å². The number of ether oxygens (including phenoxy) is 1. The lowest BCUT2D eigenvalue weighted by molar-refractivity contribution is 0.275. The number of pyridine rings is 1. The van der Waals surface area contributed by atoms with Gasteiger partial charge < -0.3 is 9.84 Å². The predicted molar refractivity (Wildman–Crippen MR) is 44.4 cm³/mol. The van der Waals surface area contributed by atoms with Crippen LogP contribution in [0.2, 0.25) is 0 Å². The maximum absolute atomic E-state index is 8.74. The summed E-state index contributed by atoms with van der Waals surface area (Å²) in [5.41, 5.74) is 0.594. The highest BCUT2D eigenvalue weighted by Crippen LogP contribution is 2.17. The predicted octanol–water partition coefficient (Wildman–Crippen LogP) is 1.34. The minimum Gasteiger partial charge on any atom is -0.497 e. The fraction of sp³-hybridized carbons (Fsp3) is 0.286. The molecule has 11 heavy (non-hydrogen) atoms. The van der Waals surface area contributed by atoms with Crippen LogP contribution in [0, 0.1) is 0 Å². The monoisotopic (exact) mass is 217 g/mol. The Morgan fingerprint density at radius 3 is 2.91 bits per heavy atom. The number of aliphatic hydroxyl groups excluding tert-OH is 1. The third kappa shape index (κ3) is 2.17. The van der Waals surface area contributed by atoms with E-state index in [2.05, 4.69) is 20.9 Å². The molecule has 0 atom stereocenters. The topological polar surface area (TPSA) is 42.4 Å². The van der Waals surface area contributed by atoms with E-state index in [0.717, 1.165) is 0 Å². The van der Waals surface area contributed by atoms with Crippen LogP contribution in [0.3, 0.4) is 0 Å². The number of methoxy groups -OCH3 is 1. The number of hydrogen-bond acceptors (Lipinski definition) is 3. The van der Waals surface area contributed by atoms with Crippen molar-refractivity contribution in [2.45, 2.75) is 6.61 Å². The molecule has 60 valence electrons. The van der Waals surface area contributed by atoms with E-state index in [1.165, 1.54) is 0 Å². The van der Waals surface area contributed by atoms with E-state index >= 15 is 0 Å². The standard InChI is InChI=1S/C7H8BrNO2/c1-11-6-2-5(4-10)9-7(8)3-6/h2-3,10H,4H2,1H3. The van der Waals surface area contributed by atoms with E-state index < -0.39 is 0 Å². The average molecular weight is 218 g/mol. The van der Waals surface area contributed by atoms with Crippen molar-refractivity contribution in [3.8, 4) is 5.75 Å². The van der Waals surface area contributed by atoms with Crippen LogP contribution in [0.15, 0.2) is 16.7 Å². The second kappa shape index (κ2) is 3.69. The Hall–Kier alpha value is -0.610. The van der Waals surface area contributed by atoms with Gasteiger partial charge in [-0.1, -0.05) is 0 Å². The highest BCUT2D eigenvalue weighted by atomic mass is 79.9. The lowest BCUT2D eigenvalue weighted by atomic mass is 10.3. The molecule has 1 heterocycles. The van der Waals surface area contributed by atoms with Gasteiger partial charge in [0.05, 0.1) is 19.4 Å². The molecule has 0 saturated heterocycles. The second-order valence-electron chi connectivity index (χ2n) is 1.98. The van der Waals surface area contributed by atoms with Crippen LogP contribution in [0.4, 0.5) is 0 Å². The van der Waals surface area contributed by atoms with Crippen molar-refractivity contribution in [3.05, 3.63) is 22.4 Å². The van der Waals surface area contributed by atoms with Crippen molar-refractivity contribution in [1.82, 2.24) is 4.98 Å². The molecule has 0 radical (unpaired) electrons. The highest BCUT2D eigenvalue weighted by molar-refractivity contribution is 9.10. The van der Waals surface area contributed by atoms with Gasteiger partial charge in [-0.2, -0.15) is 0 Å². The summed E-state index contributed by atoms with van der Waals surface area (Å²) in [5, 5.41) is 8.74. The number of hydrogen-bond donors (Lipinski definition) is 1. The van der Waals surface area contributed by atoms with Crippen LogP contribution in [-0.2, 0) is 6.61 Å². The molecule has 1 N–H and O–H groups in total. The van der Waals surface area contributed by atoms with E-state index in [-0.39, 0.29) is 6.61 Å². The molecule has 3 nitrogen and oxygen atoms in total. The van der Waals surface area contributed by atoms with E-state index in [4.69, 9.17) is 9.84 Å². The first-order chi connectivity index (χ1) is 5.26. The Morgan fingerprint density at radius 2 is 2.36 bits per heavy atom. The van der Waals surface area contributed by atoms with Gasteiger partial charge in [0.15, 0.2) is 0 Å². The van der Waals surface area contributed by atoms with Crippen molar-refractivity contribution >= 4 is 15.9 Å². The van der Waals surface area contributed by atoms with Crippen LogP contribution < -0.4 is 4.74 Å². The maximum atomic E-state index is 8.74. The number of aliphatic hydroxyl groups is 1. The van der Waals surface area contributed by atoms with Crippen LogP contribution in [0.1, 0.15) is 5.69 Å². The van der Waals surface area contributed by atoms with Crippen LogP contribution >= 0.6 is 15.9 Å². The van der Waals surface area contributed by atoms with Gasteiger partial charge in [0.1, 0.15) is 10.4 Å². The number of halogens is 1. The lowest BCUT2D eigenvalue weighted by Crippen LogP contribution is -1.91.